The molecule has 1 fully saturated rings. The topological polar surface area (TPSA) is 50.1 Å². The highest BCUT2D eigenvalue weighted by Gasteiger charge is 2.21. The second-order valence-electron chi connectivity index (χ2n) is 4.57. The summed E-state index contributed by atoms with van der Waals surface area (Å²) in [6.45, 7) is 4.18. The van der Waals surface area contributed by atoms with Crippen molar-refractivity contribution in [3.8, 4) is 5.75 Å². The quantitative estimate of drug-likeness (QED) is 0.829. The molecule has 1 aromatic carbocycles. The number of nitrogens with one attached hydrogen (secondary N) is 1. The third kappa shape index (κ3) is 1.69. The molecule has 17 heavy (non-hydrogen) atoms. The van der Waals surface area contributed by atoms with Crippen LogP contribution in [0.4, 0.5) is 0 Å². The van der Waals surface area contributed by atoms with Gasteiger partial charge in [-0.2, -0.15) is 0 Å². The first-order valence-electron chi connectivity index (χ1n) is 6.20. The van der Waals surface area contributed by atoms with Crippen LogP contribution in [-0.2, 0) is 6.42 Å². The molecule has 4 heteroatoms. The van der Waals surface area contributed by atoms with Crippen LogP contribution in [0.25, 0.3) is 11.0 Å². The molecule has 2 aromatic rings. The second-order valence-corrected chi connectivity index (χ2v) is 4.57. The third-order valence-electron chi connectivity index (χ3n) is 3.46. The van der Waals surface area contributed by atoms with Gasteiger partial charge in [-0.05, 0) is 25.1 Å². The van der Waals surface area contributed by atoms with E-state index in [4.69, 9.17) is 0 Å². The first-order valence-corrected chi connectivity index (χ1v) is 6.20. The molecule has 0 radical (unpaired) electrons. The van der Waals surface area contributed by atoms with Crippen molar-refractivity contribution in [3.05, 3.63) is 24.0 Å². The lowest BCUT2D eigenvalue weighted by Gasteiger charge is -2.15. The van der Waals surface area contributed by atoms with Gasteiger partial charge in [0.1, 0.15) is 11.6 Å². The van der Waals surface area contributed by atoms with Crippen LogP contribution in [0.1, 0.15) is 25.2 Å². The summed E-state index contributed by atoms with van der Waals surface area (Å²) < 4.78 is 2.29. The maximum Gasteiger partial charge on any atom is 0.117 e. The zero-order valence-electron chi connectivity index (χ0n) is 9.98. The Kier molecular flexibility index (Phi) is 2.52. The van der Waals surface area contributed by atoms with E-state index in [1.165, 1.54) is 0 Å². The Morgan fingerprint density at radius 2 is 2.41 bits per heavy atom. The number of imidazole rings is 1. The average Bonchev–Trinajstić information content (AvgIpc) is 2.93. The highest BCUT2D eigenvalue weighted by molar-refractivity contribution is 5.78. The molecule has 1 aliphatic rings. The van der Waals surface area contributed by atoms with Gasteiger partial charge in [-0.3, -0.25) is 0 Å². The Labute approximate surface area is 100 Å². The Morgan fingerprint density at radius 1 is 1.53 bits per heavy atom. The number of phenolic OH excluding ortho intramolecular Hbond substituents is 1. The van der Waals surface area contributed by atoms with Gasteiger partial charge in [0, 0.05) is 25.1 Å². The first-order chi connectivity index (χ1) is 8.29. The monoisotopic (exact) mass is 231 g/mol. The molecule has 2 N–H and O–H groups in total. The van der Waals surface area contributed by atoms with Gasteiger partial charge >= 0.3 is 0 Å². The molecule has 90 valence electrons. The van der Waals surface area contributed by atoms with Crippen molar-refractivity contribution in [2.75, 3.05) is 13.1 Å². The van der Waals surface area contributed by atoms with Crippen LogP contribution >= 0.6 is 0 Å². The number of rotatable bonds is 2. The van der Waals surface area contributed by atoms with Crippen molar-refractivity contribution in [2.45, 2.75) is 25.8 Å². The molecular weight excluding hydrogens is 214 g/mol. The van der Waals surface area contributed by atoms with E-state index in [0.717, 1.165) is 42.8 Å². The Morgan fingerprint density at radius 3 is 3.12 bits per heavy atom. The van der Waals surface area contributed by atoms with E-state index in [1.54, 1.807) is 6.07 Å². The summed E-state index contributed by atoms with van der Waals surface area (Å²) in [6, 6.07) is 5.88. The van der Waals surface area contributed by atoms with Crippen molar-refractivity contribution in [1.29, 1.82) is 0 Å². The van der Waals surface area contributed by atoms with Gasteiger partial charge in [0.2, 0.25) is 0 Å². The van der Waals surface area contributed by atoms with Crippen LogP contribution in [0, 0.1) is 0 Å². The predicted octanol–water partition coefficient (Wildman–Crippen LogP) is 1.84. The molecule has 2 heterocycles. The van der Waals surface area contributed by atoms with Crippen LogP contribution in [0.2, 0.25) is 0 Å². The lowest BCUT2D eigenvalue weighted by atomic mass is 10.2. The minimum Gasteiger partial charge on any atom is -0.508 e. The van der Waals surface area contributed by atoms with Gasteiger partial charge in [0.05, 0.1) is 11.0 Å². The summed E-state index contributed by atoms with van der Waals surface area (Å²) in [4.78, 5) is 4.64. The molecule has 0 spiro atoms. The molecule has 1 unspecified atom stereocenters. The number of phenols is 1. The van der Waals surface area contributed by atoms with E-state index in [2.05, 4.69) is 21.8 Å². The van der Waals surface area contributed by atoms with Gasteiger partial charge < -0.3 is 15.0 Å². The van der Waals surface area contributed by atoms with Crippen molar-refractivity contribution in [1.82, 2.24) is 14.9 Å². The summed E-state index contributed by atoms with van der Waals surface area (Å²) >= 11 is 0. The minimum atomic E-state index is 0.312. The molecule has 1 aliphatic heterocycles. The zero-order chi connectivity index (χ0) is 11.8. The van der Waals surface area contributed by atoms with Crippen LogP contribution in [-0.4, -0.2) is 27.7 Å². The van der Waals surface area contributed by atoms with Crippen LogP contribution in [0.5, 0.6) is 5.75 Å². The fourth-order valence-electron chi connectivity index (χ4n) is 2.65. The van der Waals surface area contributed by atoms with Crippen molar-refractivity contribution >= 4 is 11.0 Å². The van der Waals surface area contributed by atoms with Crippen LogP contribution in [0.3, 0.4) is 0 Å². The fraction of sp³-hybridized carbons (Fsp3) is 0.462. The number of benzene rings is 1. The normalized spacial score (nSPS) is 20.2. The van der Waals surface area contributed by atoms with Crippen molar-refractivity contribution in [2.24, 2.45) is 0 Å². The molecule has 3 rings (SSSR count). The molecule has 4 nitrogen and oxygen atoms in total. The van der Waals surface area contributed by atoms with Crippen molar-refractivity contribution in [3.63, 3.8) is 0 Å². The van der Waals surface area contributed by atoms with E-state index in [-0.39, 0.29) is 0 Å². The van der Waals surface area contributed by atoms with Crippen LogP contribution < -0.4 is 5.32 Å². The second kappa shape index (κ2) is 4.04. The Balaban J connectivity index is 2.20. The van der Waals surface area contributed by atoms with Gasteiger partial charge in [-0.15, -0.1) is 0 Å². The first kappa shape index (κ1) is 10.6. The zero-order valence-corrected chi connectivity index (χ0v) is 9.98. The molecule has 0 amide bonds. The molecular formula is C13H17N3O. The maximum atomic E-state index is 9.62. The highest BCUT2D eigenvalue weighted by atomic mass is 16.3. The fourth-order valence-corrected chi connectivity index (χ4v) is 2.65. The minimum absolute atomic E-state index is 0.312. The predicted molar refractivity (Wildman–Crippen MR) is 67.3 cm³/mol. The lowest BCUT2D eigenvalue weighted by Crippen LogP contribution is -2.15. The standard InChI is InChI=1S/C13H17N3O/c1-2-13-15-11-4-3-10(17)7-12(11)16(13)9-5-6-14-8-9/h3-4,7,9,14,17H,2,5-6,8H2,1H3. The highest BCUT2D eigenvalue weighted by Crippen LogP contribution is 2.27. The molecule has 1 aromatic heterocycles. The molecule has 1 saturated heterocycles. The van der Waals surface area contributed by atoms with E-state index >= 15 is 0 Å². The smallest absolute Gasteiger partial charge is 0.117 e. The van der Waals surface area contributed by atoms with Crippen molar-refractivity contribution < 1.29 is 5.11 Å². The summed E-state index contributed by atoms with van der Waals surface area (Å²) in [5, 5.41) is 13.0. The van der Waals surface area contributed by atoms with E-state index < -0.39 is 0 Å². The summed E-state index contributed by atoms with van der Waals surface area (Å²) in [5.41, 5.74) is 2.03. The van der Waals surface area contributed by atoms with E-state index in [1.807, 2.05) is 12.1 Å². The lowest BCUT2D eigenvalue weighted by molar-refractivity contribution is 0.475. The van der Waals surface area contributed by atoms with E-state index in [0.29, 0.717) is 11.8 Å². The number of aromatic nitrogens is 2. The van der Waals surface area contributed by atoms with Gasteiger partial charge in [0.15, 0.2) is 0 Å². The average molecular weight is 231 g/mol. The SMILES string of the molecule is CCc1nc2ccc(O)cc2n1C1CCNC1. The summed E-state index contributed by atoms with van der Waals surface area (Å²) in [6.07, 6.45) is 2.06. The molecule has 0 bridgehead atoms. The van der Waals surface area contributed by atoms with Gasteiger partial charge in [-0.25, -0.2) is 4.98 Å². The number of fused-ring (bicyclic) bond motifs is 1. The number of hydrogen-bond donors (Lipinski definition) is 2. The number of nitrogens with zero attached hydrogens (tertiary/aromatic N) is 2. The summed E-state index contributed by atoms with van der Waals surface area (Å²) in [7, 11) is 0. The molecule has 0 saturated carbocycles. The molecule has 1 atom stereocenters. The summed E-state index contributed by atoms with van der Waals surface area (Å²) in [5.74, 6) is 1.42. The number of aryl methyl sites for hydroxylation is 1. The molecule has 0 aliphatic carbocycles. The maximum absolute atomic E-state index is 9.62. The van der Waals surface area contributed by atoms with E-state index in [9.17, 15) is 5.11 Å². The van der Waals surface area contributed by atoms with Crippen LogP contribution in [0.15, 0.2) is 18.2 Å². The Hall–Kier alpha value is -1.55. The largest absolute Gasteiger partial charge is 0.508 e. The van der Waals surface area contributed by atoms with Gasteiger partial charge in [0.25, 0.3) is 0 Å². The third-order valence-corrected chi connectivity index (χ3v) is 3.46. The number of hydrogen-bond acceptors (Lipinski definition) is 3. The number of aromatic hydroxyl groups is 1. The Bertz CT molecular complexity index is 541. The van der Waals surface area contributed by atoms with Gasteiger partial charge in [-0.1, -0.05) is 6.92 Å².